The Hall–Kier alpha value is -1.46. The fourth-order valence-electron chi connectivity index (χ4n) is 1.08. The van der Waals surface area contributed by atoms with E-state index in [1.807, 2.05) is 20.8 Å². The van der Waals surface area contributed by atoms with E-state index in [1.54, 1.807) is 0 Å². The van der Waals surface area contributed by atoms with E-state index in [9.17, 15) is 4.79 Å². The van der Waals surface area contributed by atoms with Crippen LogP contribution >= 0.6 is 0 Å². The number of amidine groups is 1. The molecule has 0 radical (unpaired) electrons. The van der Waals surface area contributed by atoms with Gasteiger partial charge in [0, 0.05) is 18.5 Å². The van der Waals surface area contributed by atoms with Gasteiger partial charge in [0.05, 0.1) is 0 Å². The normalized spacial score (nSPS) is 13.7. The van der Waals surface area contributed by atoms with Crippen LogP contribution in [0.2, 0.25) is 0 Å². The first kappa shape index (κ1) is 13.5. The maximum absolute atomic E-state index is 11.3. The molecule has 0 aliphatic heterocycles. The molecule has 0 aliphatic rings. The van der Waals surface area contributed by atoms with Crippen molar-refractivity contribution < 1.29 is 10.0 Å². The van der Waals surface area contributed by atoms with E-state index in [-0.39, 0.29) is 24.0 Å². The Balaban J connectivity index is 4.04. The summed E-state index contributed by atoms with van der Waals surface area (Å²) in [6.45, 7) is 5.68. The second kappa shape index (κ2) is 6.92. The first-order chi connectivity index (χ1) is 6.99. The van der Waals surface area contributed by atoms with Crippen LogP contribution in [-0.2, 0) is 0 Å². The van der Waals surface area contributed by atoms with Crippen molar-refractivity contribution in [2.75, 3.05) is 0 Å². The molecule has 5 N–H and O–H groups in total. The molecule has 15 heavy (non-hydrogen) atoms. The van der Waals surface area contributed by atoms with Crippen molar-refractivity contribution in [1.82, 2.24) is 10.6 Å². The third-order valence-electron chi connectivity index (χ3n) is 1.83. The van der Waals surface area contributed by atoms with E-state index in [0.29, 0.717) is 6.42 Å². The van der Waals surface area contributed by atoms with E-state index in [2.05, 4.69) is 15.8 Å². The zero-order valence-corrected chi connectivity index (χ0v) is 9.45. The average molecular weight is 216 g/mol. The van der Waals surface area contributed by atoms with Gasteiger partial charge in [0.2, 0.25) is 0 Å². The van der Waals surface area contributed by atoms with Crippen molar-refractivity contribution in [2.45, 2.75) is 45.7 Å². The lowest BCUT2D eigenvalue weighted by molar-refractivity contribution is 0.234. The summed E-state index contributed by atoms with van der Waals surface area (Å²) in [4.78, 5) is 11.3. The number of urea groups is 1. The van der Waals surface area contributed by atoms with Crippen molar-refractivity contribution in [1.29, 1.82) is 0 Å². The van der Waals surface area contributed by atoms with Gasteiger partial charge in [-0.15, -0.1) is 0 Å². The molecule has 1 atom stereocenters. The molecule has 0 saturated carbocycles. The summed E-state index contributed by atoms with van der Waals surface area (Å²) in [6.07, 6.45) is 1.07. The SMILES string of the molecule is CCC(CC(N)=NO)NC(=O)NC(C)C. The number of nitrogens with zero attached hydrogens (tertiary/aromatic N) is 1. The Morgan fingerprint density at radius 2 is 2.07 bits per heavy atom. The van der Waals surface area contributed by atoms with Gasteiger partial charge in [-0.25, -0.2) is 4.79 Å². The third kappa shape index (κ3) is 6.59. The molecule has 0 heterocycles. The van der Waals surface area contributed by atoms with Crippen LogP contribution in [0.25, 0.3) is 0 Å². The molecular weight excluding hydrogens is 196 g/mol. The Morgan fingerprint density at radius 1 is 1.47 bits per heavy atom. The molecule has 0 saturated heterocycles. The van der Waals surface area contributed by atoms with Crippen LogP contribution in [0.4, 0.5) is 4.79 Å². The first-order valence-corrected chi connectivity index (χ1v) is 5.03. The molecule has 0 rings (SSSR count). The maximum atomic E-state index is 11.3. The second-order valence-corrected chi connectivity index (χ2v) is 3.67. The third-order valence-corrected chi connectivity index (χ3v) is 1.83. The molecule has 0 spiro atoms. The molecule has 2 amide bonds. The van der Waals surface area contributed by atoms with Crippen molar-refractivity contribution in [3.63, 3.8) is 0 Å². The highest BCUT2D eigenvalue weighted by molar-refractivity contribution is 5.81. The van der Waals surface area contributed by atoms with Gasteiger partial charge >= 0.3 is 6.03 Å². The average Bonchev–Trinajstić information content (AvgIpc) is 2.15. The molecule has 0 aromatic rings. The highest BCUT2D eigenvalue weighted by Gasteiger charge is 2.12. The minimum Gasteiger partial charge on any atom is -0.409 e. The minimum absolute atomic E-state index is 0.0892. The molecule has 0 aromatic carbocycles. The molecule has 6 heteroatoms. The summed E-state index contributed by atoms with van der Waals surface area (Å²) in [5.74, 6) is 0.117. The number of hydrogen-bond donors (Lipinski definition) is 4. The Bertz CT molecular complexity index is 228. The van der Waals surface area contributed by atoms with Crippen LogP contribution < -0.4 is 16.4 Å². The molecule has 88 valence electrons. The lowest BCUT2D eigenvalue weighted by Gasteiger charge is -2.17. The number of carbonyl (C=O) groups is 1. The van der Waals surface area contributed by atoms with Crippen molar-refractivity contribution in [3.8, 4) is 0 Å². The number of hydrogen-bond acceptors (Lipinski definition) is 3. The number of rotatable bonds is 5. The Labute approximate surface area is 89.9 Å². The van der Waals surface area contributed by atoms with Gasteiger partial charge in [0.15, 0.2) is 0 Å². The van der Waals surface area contributed by atoms with Gasteiger partial charge in [-0.3, -0.25) is 0 Å². The van der Waals surface area contributed by atoms with Crippen LogP contribution in [0, 0.1) is 0 Å². The van der Waals surface area contributed by atoms with E-state index in [0.717, 1.165) is 6.42 Å². The van der Waals surface area contributed by atoms with Gasteiger partial charge in [-0.2, -0.15) is 0 Å². The van der Waals surface area contributed by atoms with Crippen LogP contribution in [0.15, 0.2) is 5.16 Å². The smallest absolute Gasteiger partial charge is 0.315 e. The van der Waals surface area contributed by atoms with Crippen LogP contribution in [0.1, 0.15) is 33.6 Å². The largest absolute Gasteiger partial charge is 0.409 e. The van der Waals surface area contributed by atoms with Crippen LogP contribution in [0.3, 0.4) is 0 Å². The second-order valence-electron chi connectivity index (χ2n) is 3.67. The number of nitrogens with two attached hydrogens (primary N) is 1. The topological polar surface area (TPSA) is 99.7 Å². The lowest BCUT2D eigenvalue weighted by atomic mass is 10.1. The van der Waals surface area contributed by atoms with E-state index < -0.39 is 0 Å². The molecular formula is C9H20N4O2. The van der Waals surface area contributed by atoms with Gasteiger partial charge in [-0.1, -0.05) is 12.1 Å². The number of nitrogens with one attached hydrogen (secondary N) is 2. The number of oxime groups is 1. The standard InChI is InChI=1S/C9H20N4O2/c1-4-7(5-8(10)13-15)12-9(14)11-6(2)3/h6-7,15H,4-5H2,1-3H3,(H2,10,13)(H2,11,12,14). The summed E-state index contributed by atoms with van der Waals surface area (Å²) in [5, 5.41) is 16.7. The first-order valence-electron chi connectivity index (χ1n) is 5.03. The molecule has 1 unspecified atom stereocenters. The maximum Gasteiger partial charge on any atom is 0.315 e. The van der Waals surface area contributed by atoms with E-state index >= 15 is 0 Å². The monoisotopic (exact) mass is 216 g/mol. The highest BCUT2D eigenvalue weighted by atomic mass is 16.4. The van der Waals surface area contributed by atoms with Crippen molar-refractivity contribution in [2.24, 2.45) is 10.9 Å². The summed E-state index contributed by atoms with van der Waals surface area (Å²) < 4.78 is 0. The summed E-state index contributed by atoms with van der Waals surface area (Å²) in [5.41, 5.74) is 5.35. The van der Waals surface area contributed by atoms with E-state index in [1.165, 1.54) is 0 Å². The Kier molecular flexibility index (Phi) is 6.24. The summed E-state index contributed by atoms with van der Waals surface area (Å²) in [6, 6.07) is -0.256. The number of carbonyl (C=O) groups excluding carboxylic acids is 1. The van der Waals surface area contributed by atoms with Crippen LogP contribution in [-0.4, -0.2) is 29.2 Å². The number of amides is 2. The van der Waals surface area contributed by atoms with Crippen LogP contribution in [0.5, 0.6) is 0 Å². The van der Waals surface area contributed by atoms with Gasteiger partial charge < -0.3 is 21.6 Å². The molecule has 0 fully saturated rings. The van der Waals surface area contributed by atoms with Crippen molar-refractivity contribution in [3.05, 3.63) is 0 Å². The van der Waals surface area contributed by atoms with Gasteiger partial charge in [0.25, 0.3) is 0 Å². The minimum atomic E-state index is -0.234. The predicted molar refractivity (Wildman–Crippen MR) is 58.9 cm³/mol. The predicted octanol–water partition coefficient (Wildman–Crippen LogP) is 0.609. The fraction of sp³-hybridized carbons (Fsp3) is 0.778. The zero-order chi connectivity index (χ0) is 11.8. The lowest BCUT2D eigenvalue weighted by Crippen LogP contribution is -2.45. The highest BCUT2D eigenvalue weighted by Crippen LogP contribution is 1.97. The molecule has 6 nitrogen and oxygen atoms in total. The van der Waals surface area contributed by atoms with E-state index in [4.69, 9.17) is 10.9 Å². The Morgan fingerprint density at radius 3 is 2.47 bits per heavy atom. The molecule has 0 aromatic heterocycles. The summed E-state index contributed by atoms with van der Waals surface area (Å²) in [7, 11) is 0. The summed E-state index contributed by atoms with van der Waals surface area (Å²) >= 11 is 0. The quantitative estimate of drug-likeness (QED) is 0.234. The fourth-order valence-corrected chi connectivity index (χ4v) is 1.08. The molecule has 0 aliphatic carbocycles. The van der Waals surface area contributed by atoms with Crippen molar-refractivity contribution >= 4 is 11.9 Å². The zero-order valence-electron chi connectivity index (χ0n) is 9.45. The van der Waals surface area contributed by atoms with Gasteiger partial charge in [0.1, 0.15) is 5.84 Å². The molecule has 0 bridgehead atoms. The van der Waals surface area contributed by atoms with Gasteiger partial charge in [-0.05, 0) is 20.3 Å².